The fraction of sp³-hybridized carbons (Fsp3) is 0.250. The molecule has 0 aromatic carbocycles. The summed E-state index contributed by atoms with van der Waals surface area (Å²) in [5, 5.41) is 10.6. The number of hydrogen-bond donors (Lipinski definition) is 1. The van der Waals surface area contributed by atoms with E-state index in [2.05, 4.69) is 16.3 Å². The summed E-state index contributed by atoms with van der Waals surface area (Å²) in [4.78, 5) is 0. The maximum Gasteiger partial charge on any atom is 0.258 e. The molecule has 0 amide bonds. The van der Waals surface area contributed by atoms with Gasteiger partial charge in [0, 0.05) is 0 Å². The average molecular weight is 95.1 g/mol. The van der Waals surface area contributed by atoms with E-state index < -0.39 is 6.23 Å². The van der Waals surface area contributed by atoms with Crippen LogP contribution >= 0.6 is 0 Å². The minimum Gasteiger partial charge on any atom is -0.463 e. The molecule has 0 fully saturated rings. The lowest BCUT2D eigenvalue weighted by Crippen LogP contribution is -2.17. The van der Waals surface area contributed by atoms with Gasteiger partial charge in [-0.1, -0.05) is 0 Å². The highest BCUT2D eigenvalue weighted by Crippen LogP contribution is 1.91. The van der Waals surface area contributed by atoms with E-state index in [1.54, 1.807) is 0 Å². The quantitative estimate of drug-likeness (QED) is 0.450. The lowest BCUT2D eigenvalue weighted by molar-refractivity contribution is 0.203. The van der Waals surface area contributed by atoms with Gasteiger partial charge in [-0.3, -0.25) is 0 Å². The van der Waals surface area contributed by atoms with E-state index in [0.717, 1.165) is 0 Å². The van der Waals surface area contributed by atoms with Crippen molar-refractivity contribution in [3.8, 4) is 6.07 Å². The van der Waals surface area contributed by atoms with Crippen molar-refractivity contribution in [2.75, 3.05) is 0 Å². The Bertz CT molecular complexity index is 116. The van der Waals surface area contributed by atoms with E-state index in [1.807, 2.05) is 6.07 Å². The fourth-order valence-electron chi connectivity index (χ4n) is 0.308. The molecular weight excluding hydrogens is 92.1 g/mol. The lowest BCUT2D eigenvalue weighted by atomic mass is 10.7. The van der Waals surface area contributed by atoms with Crippen LogP contribution in [0.1, 0.15) is 0 Å². The molecule has 1 heterocycles. The van der Waals surface area contributed by atoms with Crippen molar-refractivity contribution in [1.82, 2.24) is 5.32 Å². The summed E-state index contributed by atoms with van der Waals surface area (Å²) < 4.78 is 4.59. The summed E-state index contributed by atoms with van der Waals surface area (Å²) in [5.74, 6) is 0. The Kier molecular flexibility index (Phi) is 0.868. The minimum atomic E-state index is -0.514. The molecule has 35 valence electrons. The van der Waals surface area contributed by atoms with Crippen LogP contribution in [0.3, 0.4) is 0 Å². The lowest BCUT2D eigenvalue weighted by Gasteiger charge is -1.95. The van der Waals surface area contributed by atoms with E-state index in [-0.39, 0.29) is 0 Å². The second kappa shape index (κ2) is 1.52. The fourth-order valence-corrected chi connectivity index (χ4v) is 0.308. The summed E-state index contributed by atoms with van der Waals surface area (Å²) in [5.41, 5.74) is 0. The molecule has 0 saturated carbocycles. The highest BCUT2D eigenvalue weighted by atomic mass is 16.5. The van der Waals surface area contributed by atoms with Crippen LogP contribution in [0.4, 0.5) is 0 Å². The van der Waals surface area contributed by atoms with E-state index in [1.165, 1.54) is 6.26 Å². The van der Waals surface area contributed by atoms with E-state index in [9.17, 15) is 0 Å². The van der Waals surface area contributed by atoms with E-state index >= 15 is 0 Å². The van der Waals surface area contributed by atoms with Crippen molar-refractivity contribution in [2.45, 2.75) is 6.23 Å². The molecule has 0 aromatic rings. The Morgan fingerprint density at radius 3 is 3.14 bits per heavy atom. The molecule has 0 saturated heterocycles. The molecule has 1 unspecified atom stereocenters. The van der Waals surface area contributed by atoms with Crippen LogP contribution in [-0.4, -0.2) is 6.23 Å². The predicted octanol–water partition coefficient (Wildman–Crippen LogP) is -0.270. The van der Waals surface area contributed by atoms with Crippen LogP contribution in [-0.2, 0) is 4.74 Å². The minimum absolute atomic E-state index is 0.514. The zero-order chi connectivity index (χ0) is 5.11. The van der Waals surface area contributed by atoms with E-state index in [0.29, 0.717) is 0 Å². The number of ether oxygens (including phenoxy) is 1. The number of rotatable bonds is 0. The molecule has 1 N–H and O–H groups in total. The third-order valence-corrected chi connectivity index (χ3v) is 0.595. The molecule has 0 aliphatic carbocycles. The average Bonchev–Trinajstić information content (AvgIpc) is 2.14. The van der Waals surface area contributed by atoms with Crippen LogP contribution in [0.5, 0.6) is 0 Å². The van der Waals surface area contributed by atoms with Crippen LogP contribution in [0.25, 0.3) is 0 Å². The Morgan fingerprint density at radius 1 is 2.00 bits per heavy atom. The van der Waals surface area contributed by atoms with E-state index in [4.69, 9.17) is 5.26 Å². The summed E-state index contributed by atoms with van der Waals surface area (Å²) >= 11 is 0. The summed E-state index contributed by atoms with van der Waals surface area (Å²) in [6.07, 6.45) is 3.32. The molecule has 7 heavy (non-hydrogen) atoms. The molecule has 3 nitrogen and oxygen atoms in total. The topological polar surface area (TPSA) is 45.0 Å². The summed E-state index contributed by atoms with van der Waals surface area (Å²) in [6, 6.07) is 1.84. The maximum atomic E-state index is 8.07. The highest BCUT2D eigenvalue weighted by molar-refractivity contribution is 4.89. The predicted molar refractivity (Wildman–Crippen MR) is 21.4 cm³/mol. The Balaban J connectivity index is 2.39. The van der Waals surface area contributed by atoms with Crippen LogP contribution in [0, 0.1) is 17.5 Å². The van der Waals surface area contributed by atoms with Gasteiger partial charge in [-0.15, -0.1) is 0 Å². The molecule has 0 aromatic heterocycles. The molecule has 0 bridgehead atoms. The smallest absolute Gasteiger partial charge is 0.258 e. The molecule has 1 radical (unpaired) electrons. The van der Waals surface area contributed by atoms with Crippen molar-refractivity contribution in [3.63, 3.8) is 0 Å². The number of hydrogen-bond acceptors (Lipinski definition) is 3. The Hall–Kier alpha value is -1.17. The number of nitrogens with zero attached hydrogens (tertiary/aromatic N) is 1. The Morgan fingerprint density at radius 2 is 2.86 bits per heavy atom. The largest absolute Gasteiger partial charge is 0.463 e. The van der Waals surface area contributed by atoms with Gasteiger partial charge < -0.3 is 10.1 Å². The third-order valence-electron chi connectivity index (χ3n) is 0.595. The summed E-state index contributed by atoms with van der Waals surface area (Å²) in [7, 11) is 0. The zero-order valence-corrected chi connectivity index (χ0v) is 3.51. The molecular formula is C4H3N2O. The van der Waals surface area contributed by atoms with Crippen molar-refractivity contribution in [3.05, 3.63) is 12.5 Å². The van der Waals surface area contributed by atoms with Crippen molar-refractivity contribution >= 4 is 0 Å². The molecule has 0 spiro atoms. The first kappa shape index (κ1) is 4.00. The van der Waals surface area contributed by atoms with Crippen LogP contribution in [0.2, 0.25) is 0 Å². The van der Waals surface area contributed by atoms with Gasteiger partial charge in [0.15, 0.2) is 0 Å². The first-order valence-electron chi connectivity index (χ1n) is 1.81. The molecule has 1 aliphatic rings. The van der Waals surface area contributed by atoms with Crippen molar-refractivity contribution in [1.29, 1.82) is 5.26 Å². The normalized spacial score (nSPS) is 25.3. The second-order valence-electron chi connectivity index (χ2n) is 1.05. The second-order valence-corrected chi connectivity index (χ2v) is 1.05. The maximum absolute atomic E-state index is 8.07. The van der Waals surface area contributed by atoms with Crippen molar-refractivity contribution in [2.24, 2.45) is 0 Å². The Labute approximate surface area is 41.2 Å². The van der Waals surface area contributed by atoms with Crippen molar-refractivity contribution < 1.29 is 4.74 Å². The SMILES string of the molecule is N#CC1N[C]=CO1. The first-order chi connectivity index (χ1) is 3.43. The van der Waals surface area contributed by atoms with Gasteiger partial charge in [-0.05, 0) is 0 Å². The third kappa shape index (κ3) is 0.631. The van der Waals surface area contributed by atoms with Gasteiger partial charge in [-0.25, -0.2) is 0 Å². The zero-order valence-electron chi connectivity index (χ0n) is 3.51. The molecule has 1 aliphatic heterocycles. The monoisotopic (exact) mass is 95.0 g/mol. The van der Waals surface area contributed by atoms with Gasteiger partial charge in [-0.2, -0.15) is 5.26 Å². The molecule has 1 rings (SSSR count). The van der Waals surface area contributed by atoms with Gasteiger partial charge in [0.25, 0.3) is 6.23 Å². The van der Waals surface area contributed by atoms with Gasteiger partial charge in [0.05, 0.1) is 6.20 Å². The molecule has 3 heteroatoms. The van der Waals surface area contributed by atoms with Gasteiger partial charge in [0.1, 0.15) is 12.3 Å². The summed E-state index contributed by atoms with van der Waals surface area (Å²) in [6.45, 7) is 0. The van der Waals surface area contributed by atoms with Gasteiger partial charge in [0.2, 0.25) is 0 Å². The van der Waals surface area contributed by atoms with Crippen LogP contribution in [0.15, 0.2) is 6.26 Å². The number of nitrogens with one attached hydrogen (secondary N) is 1. The number of nitriles is 1. The standard InChI is InChI=1S/C4H3N2O/c5-3-4-6-1-2-7-4/h2,4,6H. The van der Waals surface area contributed by atoms with Gasteiger partial charge >= 0.3 is 0 Å². The highest BCUT2D eigenvalue weighted by Gasteiger charge is 2.05. The first-order valence-corrected chi connectivity index (χ1v) is 1.81. The molecule has 1 atom stereocenters. The van der Waals surface area contributed by atoms with Crippen LogP contribution < -0.4 is 5.32 Å².